The smallest absolute Gasteiger partial charge is 0.261 e. The molecule has 3 heterocycles. The minimum Gasteiger partial charge on any atom is -0.362 e. The molecule has 3 N–H and O–H groups in total. The maximum Gasteiger partial charge on any atom is 0.261 e. The number of carbonyl (C=O) groups is 2. The summed E-state index contributed by atoms with van der Waals surface area (Å²) < 4.78 is 0. The molecule has 0 saturated carbocycles. The van der Waals surface area contributed by atoms with Gasteiger partial charge >= 0.3 is 0 Å². The number of H-pyrrole nitrogens is 1. The molecule has 1 aliphatic heterocycles. The molecule has 3 aromatic rings. The van der Waals surface area contributed by atoms with Crippen molar-refractivity contribution in [1.29, 1.82) is 0 Å². The van der Waals surface area contributed by atoms with Gasteiger partial charge in [0.25, 0.3) is 11.8 Å². The van der Waals surface area contributed by atoms with Crippen LogP contribution in [0, 0.1) is 0 Å². The average molecular weight is 349 g/mol. The standard InChI is InChI=1S/C19H15N3O2S/c23-17-14(9-13-7-4-8-20-13)15-10-16(25-19(15)22-17)18(24)21-11-12-5-2-1-3-6-12/h1-10,20H,11H2,(H,21,24)(H,22,23). The molecule has 1 aliphatic rings. The van der Waals surface area contributed by atoms with Gasteiger partial charge in [-0.25, -0.2) is 0 Å². The highest BCUT2D eigenvalue weighted by molar-refractivity contribution is 7.18. The predicted octanol–water partition coefficient (Wildman–Crippen LogP) is 3.50. The van der Waals surface area contributed by atoms with Crippen LogP contribution in [0.3, 0.4) is 0 Å². The van der Waals surface area contributed by atoms with Gasteiger partial charge in [-0.2, -0.15) is 0 Å². The molecule has 2 aromatic heterocycles. The number of amides is 2. The molecule has 124 valence electrons. The Hall–Kier alpha value is -3.12. The predicted molar refractivity (Wildman–Crippen MR) is 99.2 cm³/mol. The fraction of sp³-hybridized carbons (Fsp3) is 0.0526. The first-order chi connectivity index (χ1) is 12.2. The molecule has 2 amide bonds. The second-order valence-electron chi connectivity index (χ2n) is 5.66. The summed E-state index contributed by atoms with van der Waals surface area (Å²) in [5.74, 6) is -0.288. The first kappa shape index (κ1) is 15.4. The molecule has 0 saturated heterocycles. The summed E-state index contributed by atoms with van der Waals surface area (Å²) in [6.07, 6.45) is 3.59. The van der Waals surface area contributed by atoms with E-state index in [9.17, 15) is 9.59 Å². The first-order valence-electron chi connectivity index (χ1n) is 7.83. The molecular formula is C19H15N3O2S. The van der Waals surface area contributed by atoms with E-state index in [1.807, 2.05) is 42.5 Å². The van der Waals surface area contributed by atoms with Crippen LogP contribution < -0.4 is 10.6 Å². The van der Waals surface area contributed by atoms with Crippen molar-refractivity contribution >= 4 is 39.8 Å². The molecule has 4 rings (SSSR count). The fourth-order valence-corrected chi connectivity index (χ4v) is 3.67. The Kier molecular flexibility index (Phi) is 3.95. The molecule has 5 nitrogen and oxygen atoms in total. The lowest BCUT2D eigenvalue weighted by Crippen LogP contribution is -2.21. The summed E-state index contributed by atoms with van der Waals surface area (Å²) in [6.45, 7) is 0.472. The molecule has 0 bridgehead atoms. The number of benzene rings is 1. The summed E-state index contributed by atoms with van der Waals surface area (Å²) in [7, 11) is 0. The first-order valence-corrected chi connectivity index (χ1v) is 8.65. The number of aromatic amines is 1. The van der Waals surface area contributed by atoms with E-state index in [1.54, 1.807) is 18.3 Å². The normalized spacial score (nSPS) is 14.4. The van der Waals surface area contributed by atoms with E-state index >= 15 is 0 Å². The van der Waals surface area contributed by atoms with E-state index in [4.69, 9.17) is 0 Å². The van der Waals surface area contributed by atoms with Crippen molar-refractivity contribution in [3.05, 3.63) is 76.4 Å². The van der Waals surface area contributed by atoms with E-state index in [0.29, 0.717) is 22.0 Å². The van der Waals surface area contributed by atoms with Crippen LogP contribution in [0.4, 0.5) is 5.00 Å². The van der Waals surface area contributed by atoms with E-state index in [-0.39, 0.29) is 11.8 Å². The Morgan fingerprint density at radius 2 is 2.00 bits per heavy atom. The lowest BCUT2D eigenvalue weighted by atomic mass is 10.1. The number of carbonyl (C=O) groups excluding carboxylic acids is 2. The summed E-state index contributed by atoms with van der Waals surface area (Å²) in [6, 6.07) is 15.3. The van der Waals surface area contributed by atoms with Gasteiger partial charge in [0.1, 0.15) is 5.00 Å². The van der Waals surface area contributed by atoms with Crippen LogP contribution in [0.2, 0.25) is 0 Å². The van der Waals surface area contributed by atoms with Gasteiger partial charge in [-0.05, 0) is 29.8 Å². The van der Waals surface area contributed by atoms with Crippen LogP contribution >= 0.6 is 11.3 Å². The second kappa shape index (κ2) is 6.41. The topological polar surface area (TPSA) is 74.0 Å². The SMILES string of the molecule is O=C1Nc2sc(C(=O)NCc3ccccc3)cc2C1=Cc1ccc[nH]1. The van der Waals surface area contributed by atoms with Crippen molar-refractivity contribution in [1.82, 2.24) is 10.3 Å². The van der Waals surface area contributed by atoms with Crippen LogP contribution in [0.1, 0.15) is 26.5 Å². The highest BCUT2D eigenvalue weighted by atomic mass is 32.1. The van der Waals surface area contributed by atoms with Crippen LogP contribution in [0.25, 0.3) is 11.6 Å². The summed E-state index contributed by atoms with van der Waals surface area (Å²) in [5, 5.41) is 6.45. The zero-order chi connectivity index (χ0) is 17.2. The van der Waals surface area contributed by atoms with Crippen molar-refractivity contribution in [2.75, 3.05) is 5.32 Å². The number of nitrogens with one attached hydrogen (secondary N) is 3. The van der Waals surface area contributed by atoms with E-state index < -0.39 is 0 Å². The molecule has 25 heavy (non-hydrogen) atoms. The molecule has 6 heteroatoms. The Morgan fingerprint density at radius 1 is 1.16 bits per heavy atom. The van der Waals surface area contributed by atoms with Gasteiger partial charge in [0.15, 0.2) is 0 Å². The van der Waals surface area contributed by atoms with Crippen LogP contribution in [0.5, 0.6) is 0 Å². The number of thiophene rings is 1. The van der Waals surface area contributed by atoms with Gasteiger partial charge in [0.05, 0.1) is 10.5 Å². The van der Waals surface area contributed by atoms with E-state index in [2.05, 4.69) is 15.6 Å². The van der Waals surface area contributed by atoms with Gasteiger partial charge in [-0.1, -0.05) is 30.3 Å². The summed E-state index contributed by atoms with van der Waals surface area (Å²) in [5.41, 5.74) is 3.23. The lowest BCUT2D eigenvalue weighted by molar-refractivity contribution is -0.110. The van der Waals surface area contributed by atoms with Gasteiger partial charge in [0.2, 0.25) is 0 Å². The van der Waals surface area contributed by atoms with Crippen LogP contribution in [0.15, 0.2) is 54.7 Å². The molecular weight excluding hydrogens is 334 g/mol. The second-order valence-corrected chi connectivity index (χ2v) is 6.71. The molecule has 0 fully saturated rings. The Bertz CT molecular complexity index is 956. The van der Waals surface area contributed by atoms with Crippen LogP contribution in [-0.2, 0) is 11.3 Å². The lowest BCUT2D eigenvalue weighted by Gasteiger charge is -2.03. The number of hydrogen-bond acceptors (Lipinski definition) is 3. The zero-order valence-corrected chi connectivity index (χ0v) is 14.0. The third-order valence-corrected chi connectivity index (χ3v) is 4.98. The monoisotopic (exact) mass is 349 g/mol. The molecule has 0 atom stereocenters. The summed E-state index contributed by atoms with van der Waals surface area (Å²) in [4.78, 5) is 28.1. The Labute approximate surface area is 148 Å². The Morgan fingerprint density at radius 3 is 2.76 bits per heavy atom. The van der Waals surface area contributed by atoms with Crippen molar-refractivity contribution in [2.24, 2.45) is 0 Å². The van der Waals surface area contributed by atoms with Crippen molar-refractivity contribution in [3.8, 4) is 0 Å². The number of fused-ring (bicyclic) bond motifs is 1. The van der Waals surface area contributed by atoms with Crippen molar-refractivity contribution in [3.63, 3.8) is 0 Å². The average Bonchev–Trinajstić information content (AvgIpc) is 3.33. The molecule has 0 aliphatic carbocycles. The van der Waals surface area contributed by atoms with Crippen LogP contribution in [-0.4, -0.2) is 16.8 Å². The van der Waals surface area contributed by atoms with Gasteiger partial charge in [-0.15, -0.1) is 11.3 Å². The highest BCUT2D eigenvalue weighted by Gasteiger charge is 2.28. The summed E-state index contributed by atoms with van der Waals surface area (Å²) >= 11 is 1.29. The van der Waals surface area contributed by atoms with E-state index in [1.165, 1.54) is 11.3 Å². The van der Waals surface area contributed by atoms with Gasteiger partial charge in [-0.3, -0.25) is 9.59 Å². The number of aromatic nitrogens is 1. The zero-order valence-electron chi connectivity index (χ0n) is 13.2. The minimum atomic E-state index is -0.146. The quantitative estimate of drug-likeness (QED) is 0.631. The number of hydrogen-bond donors (Lipinski definition) is 3. The highest BCUT2D eigenvalue weighted by Crippen LogP contribution is 2.39. The van der Waals surface area contributed by atoms with Crippen molar-refractivity contribution < 1.29 is 9.59 Å². The maximum atomic E-state index is 12.4. The maximum absolute atomic E-state index is 12.4. The fourth-order valence-electron chi connectivity index (χ4n) is 2.69. The number of anilines is 1. The van der Waals surface area contributed by atoms with Crippen molar-refractivity contribution in [2.45, 2.75) is 6.54 Å². The third kappa shape index (κ3) is 3.12. The number of rotatable bonds is 4. The molecule has 0 unspecified atom stereocenters. The Balaban J connectivity index is 1.53. The van der Waals surface area contributed by atoms with E-state index in [0.717, 1.165) is 16.8 Å². The van der Waals surface area contributed by atoms with Gasteiger partial charge < -0.3 is 15.6 Å². The van der Waals surface area contributed by atoms with Gasteiger partial charge in [0, 0.05) is 24.0 Å². The molecule has 0 spiro atoms. The largest absolute Gasteiger partial charge is 0.362 e. The third-order valence-electron chi connectivity index (χ3n) is 3.94. The molecule has 0 radical (unpaired) electrons. The minimum absolute atomic E-state index is 0.142. The molecule has 1 aromatic carbocycles.